The van der Waals surface area contributed by atoms with Crippen LogP contribution in [0.2, 0.25) is 0 Å². The Hall–Kier alpha value is -1.35. The molecule has 0 amide bonds. The first-order chi connectivity index (χ1) is 9.44. The third-order valence-electron chi connectivity index (χ3n) is 2.75. The Morgan fingerprint density at radius 1 is 1.15 bits per heavy atom. The van der Waals surface area contributed by atoms with E-state index in [-0.39, 0.29) is 11.4 Å². The number of carbonyl (C=O) groups excluding carboxylic acids is 1. The maximum atomic E-state index is 12.0. The van der Waals surface area contributed by atoms with Crippen LogP contribution < -0.4 is 0 Å². The summed E-state index contributed by atoms with van der Waals surface area (Å²) >= 11 is 0. The van der Waals surface area contributed by atoms with Gasteiger partial charge in [-0.2, -0.15) is 0 Å². The van der Waals surface area contributed by atoms with Crippen molar-refractivity contribution in [2.75, 3.05) is 19.8 Å². The molecule has 0 bridgehead atoms. The van der Waals surface area contributed by atoms with E-state index in [2.05, 4.69) is 27.7 Å². The van der Waals surface area contributed by atoms with Gasteiger partial charge in [0.15, 0.2) is 0 Å². The third kappa shape index (κ3) is 6.20. The summed E-state index contributed by atoms with van der Waals surface area (Å²) in [6.07, 6.45) is 1.91. The van der Waals surface area contributed by atoms with Crippen molar-refractivity contribution in [2.24, 2.45) is 5.41 Å². The van der Waals surface area contributed by atoms with Crippen molar-refractivity contribution in [3.8, 4) is 0 Å². The third-order valence-corrected chi connectivity index (χ3v) is 2.75. The van der Waals surface area contributed by atoms with Crippen molar-refractivity contribution >= 4 is 5.97 Å². The summed E-state index contributed by atoms with van der Waals surface area (Å²) in [5, 5.41) is 0. The van der Waals surface area contributed by atoms with Crippen LogP contribution in [0.3, 0.4) is 0 Å². The van der Waals surface area contributed by atoms with Crippen LogP contribution in [-0.4, -0.2) is 25.8 Å². The van der Waals surface area contributed by atoms with Gasteiger partial charge < -0.3 is 9.47 Å². The van der Waals surface area contributed by atoms with Gasteiger partial charge >= 0.3 is 5.97 Å². The van der Waals surface area contributed by atoms with Gasteiger partial charge in [0, 0.05) is 0 Å². The van der Waals surface area contributed by atoms with E-state index in [1.807, 2.05) is 24.3 Å². The van der Waals surface area contributed by atoms with Crippen LogP contribution in [0.25, 0.3) is 0 Å². The molecule has 0 N–H and O–H groups in total. The minimum atomic E-state index is -0.256. The first kappa shape index (κ1) is 16.7. The van der Waals surface area contributed by atoms with E-state index in [1.54, 1.807) is 0 Å². The largest absolute Gasteiger partial charge is 0.460 e. The molecule has 0 unspecified atom stereocenters. The fourth-order valence-electron chi connectivity index (χ4n) is 1.86. The maximum absolute atomic E-state index is 12.0. The Kier molecular flexibility index (Phi) is 6.73. The molecule has 1 aromatic rings. The van der Waals surface area contributed by atoms with Crippen LogP contribution in [0.5, 0.6) is 0 Å². The number of carbonyl (C=O) groups is 1. The number of rotatable bonds is 7. The quantitative estimate of drug-likeness (QED) is 0.561. The number of aryl methyl sites for hydroxylation is 1. The molecular formula is C17H26O3. The molecule has 1 aromatic carbocycles. The molecule has 3 heteroatoms. The normalized spacial score (nSPS) is 11.4. The van der Waals surface area contributed by atoms with E-state index < -0.39 is 0 Å². The van der Waals surface area contributed by atoms with Crippen LogP contribution in [0.1, 0.15) is 50.0 Å². The Morgan fingerprint density at radius 3 is 2.50 bits per heavy atom. The lowest BCUT2D eigenvalue weighted by molar-refractivity contribution is 0.0179. The summed E-state index contributed by atoms with van der Waals surface area (Å²) in [5.74, 6) is -0.256. The molecule has 0 aliphatic heterocycles. The molecule has 0 aromatic heterocycles. The van der Waals surface area contributed by atoms with Crippen molar-refractivity contribution in [1.82, 2.24) is 0 Å². The summed E-state index contributed by atoms with van der Waals surface area (Å²) in [5.41, 5.74) is 1.86. The second-order valence-electron chi connectivity index (χ2n) is 6.16. The molecule has 0 heterocycles. The molecule has 0 spiro atoms. The van der Waals surface area contributed by atoms with Gasteiger partial charge in [-0.15, -0.1) is 0 Å². The zero-order chi connectivity index (χ0) is 15.0. The van der Waals surface area contributed by atoms with Gasteiger partial charge in [0.1, 0.15) is 6.61 Å². The number of hydrogen-bond acceptors (Lipinski definition) is 3. The van der Waals surface area contributed by atoms with E-state index in [0.29, 0.717) is 25.4 Å². The van der Waals surface area contributed by atoms with Crippen molar-refractivity contribution in [2.45, 2.75) is 40.5 Å². The monoisotopic (exact) mass is 278 g/mol. The van der Waals surface area contributed by atoms with Gasteiger partial charge in [-0.3, -0.25) is 0 Å². The molecule has 0 saturated carbocycles. The highest BCUT2D eigenvalue weighted by Crippen LogP contribution is 2.14. The van der Waals surface area contributed by atoms with Crippen LogP contribution in [0.15, 0.2) is 24.3 Å². The predicted molar refractivity (Wildman–Crippen MR) is 81.0 cm³/mol. The smallest absolute Gasteiger partial charge is 0.338 e. The van der Waals surface area contributed by atoms with Crippen molar-refractivity contribution in [1.29, 1.82) is 0 Å². The number of esters is 1. The summed E-state index contributed by atoms with van der Waals surface area (Å²) < 4.78 is 10.8. The molecule has 0 saturated heterocycles. The van der Waals surface area contributed by atoms with Crippen LogP contribution >= 0.6 is 0 Å². The molecule has 3 nitrogen and oxygen atoms in total. The molecule has 0 aliphatic rings. The molecule has 0 atom stereocenters. The maximum Gasteiger partial charge on any atom is 0.338 e. The predicted octanol–water partition coefficient (Wildman–Crippen LogP) is 3.86. The van der Waals surface area contributed by atoms with Crippen LogP contribution in [0.4, 0.5) is 0 Å². The summed E-state index contributed by atoms with van der Waals surface area (Å²) in [6, 6.07) is 7.62. The SMILES string of the molecule is CCCc1ccccc1C(=O)OCCOCC(C)(C)C. The Bertz CT molecular complexity index is 418. The second-order valence-corrected chi connectivity index (χ2v) is 6.16. The van der Waals surface area contributed by atoms with Gasteiger partial charge in [0.2, 0.25) is 0 Å². The highest BCUT2D eigenvalue weighted by Gasteiger charge is 2.12. The lowest BCUT2D eigenvalue weighted by atomic mass is 9.99. The van der Waals surface area contributed by atoms with E-state index >= 15 is 0 Å². The van der Waals surface area contributed by atoms with Crippen molar-refractivity contribution < 1.29 is 14.3 Å². The van der Waals surface area contributed by atoms with Gasteiger partial charge in [-0.1, -0.05) is 52.3 Å². The minimum absolute atomic E-state index is 0.137. The minimum Gasteiger partial charge on any atom is -0.460 e. The molecule has 0 fully saturated rings. The number of hydrogen-bond donors (Lipinski definition) is 0. The average molecular weight is 278 g/mol. The average Bonchev–Trinajstić information content (AvgIpc) is 2.38. The number of benzene rings is 1. The number of ether oxygens (including phenoxy) is 2. The summed E-state index contributed by atoms with van der Waals surface area (Å²) in [4.78, 5) is 12.0. The molecule has 112 valence electrons. The fraction of sp³-hybridized carbons (Fsp3) is 0.588. The van der Waals surface area contributed by atoms with Gasteiger partial charge in [-0.25, -0.2) is 4.79 Å². The van der Waals surface area contributed by atoms with E-state index in [9.17, 15) is 4.79 Å². The summed E-state index contributed by atoms with van der Waals surface area (Å²) in [7, 11) is 0. The van der Waals surface area contributed by atoms with Crippen LogP contribution in [0, 0.1) is 5.41 Å². The lowest BCUT2D eigenvalue weighted by Crippen LogP contribution is -2.18. The highest BCUT2D eigenvalue weighted by molar-refractivity contribution is 5.91. The molecule has 1 rings (SSSR count). The van der Waals surface area contributed by atoms with E-state index in [1.165, 1.54) is 0 Å². The van der Waals surface area contributed by atoms with Crippen molar-refractivity contribution in [3.63, 3.8) is 0 Å². The fourth-order valence-corrected chi connectivity index (χ4v) is 1.86. The Morgan fingerprint density at radius 2 is 1.85 bits per heavy atom. The first-order valence-corrected chi connectivity index (χ1v) is 7.27. The molecule has 0 radical (unpaired) electrons. The van der Waals surface area contributed by atoms with Crippen LogP contribution in [-0.2, 0) is 15.9 Å². The first-order valence-electron chi connectivity index (χ1n) is 7.27. The standard InChI is InChI=1S/C17H26O3/c1-5-8-14-9-6-7-10-15(14)16(18)20-12-11-19-13-17(2,3)4/h6-7,9-10H,5,8,11-13H2,1-4H3. The molecule has 0 aliphatic carbocycles. The van der Waals surface area contributed by atoms with E-state index in [4.69, 9.17) is 9.47 Å². The second kappa shape index (κ2) is 8.05. The Labute approximate surface area is 122 Å². The van der Waals surface area contributed by atoms with Crippen molar-refractivity contribution in [3.05, 3.63) is 35.4 Å². The van der Waals surface area contributed by atoms with Gasteiger partial charge in [0.25, 0.3) is 0 Å². The summed E-state index contributed by atoms with van der Waals surface area (Å²) in [6.45, 7) is 9.84. The zero-order valence-corrected chi connectivity index (χ0v) is 13.1. The van der Waals surface area contributed by atoms with E-state index in [0.717, 1.165) is 18.4 Å². The molecule has 20 heavy (non-hydrogen) atoms. The molecular weight excluding hydrogens is 252 g/mol. The zero-order valence-electron chi connectivity index (χ0n) is 13.1. The topological polar surface area (TPSA) is 35.5 Å². The van der Waals surface area contributed by atoms with Gasteiger partial charge in [-0.05, 0) is 23.5 Å². The highest BCUT2D eigenvalue weighted by atomic mass is 16.6. The Balaban J connectivity index is 2.40. The van der Waals surface area contributed by atoms with Gasteiger partial charge in [0.05, 0.1) is 18.8 Å². The lowest BCUT2D eigenvalue weighted by Gasteiger charge is -2.17.